The molecule has 0 radical (unpaired) electrons. The van der Waals surface area contributed by atoms with Gasteiger partial charge in [0.2, 0.25) is 0 Å². The quantitative estimate of drug-likeness (QED) is 0.771. The van der Waals surface area contributed by atoms with Gasteiger partial charge in [0.25, 0.3) is 0 Å². The summed E-state index contributed by atoms with van der Waals surface area (Å²) in [6.07, 6.45) is 4.52. The van der Waals surface area contributed by atoms with E-state index in [0.29, 0.717) is 5.92 Å². The van der Waals surface area contributed by atoms with Gasteiger partial charge in [-0.1, -0.05) is 42.5 Å². The number of hydrogen-bond donors (Lipinski definition) is 1. The SMILES string of the molecule is COc1ccc(C(Cc2cnc[nH]2)c2ccccc2)cc1. The lowest BCUT2D eigenvalue weighted by Crippen LogP contribution is -2.05. The maximum Gasteiger partial charge on any atom is 0.118 e. The zero-order chi connectivity index (χ0) is 14.5. The Morgan fingerprint density at radius 3 is 2.33 bits per heavy atom. The third kappa shape index (κ3) is 3.14. The number of aromatic amines is 1. The normalized spacial score (nSPS) is 12.0. The van der Waals surface area contributed by atoms with E-state index < -0.39 is 0 Å². The first-order chi connectivity index (χ1) is 10.4. The predicted octanol–water partition coefficient (Wildman–Crippen LogP) is 3.79. The molecular formula is C18H18N2O. The molecule has 0 saturated heterocycles. The van der Waals surface area contributed by atoms with Gasteiger partial charge in [0.15, 0.2) is 0 Å². The highest BCUT2D eigenvalue weighted by atomic mass is 16.5. The maximum atomic E-state index is 5.24. The Labute approximate surface area is 124 Å². The highest BCUT2D eigenvalue weighted by Crippen LogP contribution is 2.29. The van der Waals surface area contributed by atoms with Crippen LogP contribution in [0.25, 0.3) is 0 Å². The van der Waals surface area contributed by atoms with Gasteiger partial charge in [0.05, 0.1) is 13.4 Å². The molecule has 0 aliphatic carbocycles. The smallest absolute Gasteiger partial charge is 0.118 e. The Bertz CT molecular complexity index is 660. The lowest BCUT2D eigenvalue weighted by Gasteiger charge is -2.17. The van der Waals surface area contributed by atoms with Crippen molar-refractivity contribution in [2.45, 2.75) is 12.3 Å². The van der Waals surface area contributed by atoms with E-state index in [2.05, 4.69) is 46.4 Å². The number of aromatic nitrogens is 2. The minimum atomic E-state index is 0.303. The number of nitrogens with one attached hydrogen (secondary N) is 1. The number of ether oxygens (including phenoxy) is 1. The lowest BCUT2D eigenvalue weighted by atomic mass is 9.87. The van der Waals surface area contributed by atoms with Crippen LogP contribution in [0.3, 0.4) is 0 Å². The predicted molar refractivity (Wildman–Crippen MR) is 83.6 cm³/mol. The summed E-state index contributed by atoms with van der Waals surface area (Å²) in [6, 6.07) is 18.8. The van der Waals surface area contributed by atoms with Crippen LogP contribution in [0.15, 0.2) is 67.1 Å². The van der Waals surface area contributed by atoms with Crippen LogP contribution in [-0.2, 0) is 6.42 Å². The van der Waals surface area contributed by atoms with Crippen LogP contribution in [0, 0.1) is 0 Å². The van der Waals surface area contributed by atoms with E-state index in [1.54, 1.807) is 13.4 Å². The Hall–Kier alpha value is -2.55. The maximum absolute atomic E-state index is 5.24. The van der Waals surface area contributed by atoms with Crippen LogP contribution in [0.2, 0.25) is 0 Å². The van der Waals surface area contributed by atoms with E-state index in [9.17, 15) is 0 Å². The molecule has 3 nitrogen and oxygen atoms in total. The molecule has 0 aliphatic rings. The van der Waals surface area contributed by atoms with Crippen LogP contribution in [-0.4, -0.2) is 17.1 Å². The molecule has 1 unspecified atom stereocenters. The van der Waals surface area contributed by atoms with Crippen molar-refractivity contribution in [3.63, 3.8) is 0 Å². The first kappa shape index (κ1) is 13.4. The van der Waals surface area contributed by atoms with Crippen LogP contribution >= 0.6 is 0 Å². The van der Waals surface area contributed by atoms with Crippen LogP contribution < -0.4 is 4.74 Å². The molecular weight excluding hydrogens is 260 g/mol. The molecule has 0 spiro atoms. The number of imidazole rings is 1. The molecule has 0 aliphatic heterocycles. The fourth-order valence-corrected chi connectivity index (χ4v) is 2.57. The number of nitrogens with zero attached hydrogens (tertiary/aromatic N) is 1. The molecule has 1 atom stereocenters. The summed E-state index contributed by atoms with van der Waals surface area (Å²) in [5.41, 5.74) is 3.72. The average Bonchev–Trinajstić information content (AvgIpc) is 3.07. The van der Waals surface area contributed by atoms with Crippen LogP contribution in [0.1, 0.15) is 22.7 Å². The largest absolute Gasteiger partial charge is 0.497 e. The zero-order valence-corrected chi connectivity index (χ0v) is 12.0. The molecule has 0 amide bonds. The van der Waals surface area contributed by atoms with Gasteiger partial charge in [-0.3, -0.25) is 0 Å². The van der Waals surface area contributed by atoms with Crippen LogP contribution in [0.4, 0.5) is 0 Å². The first-order valence-electron chi connectivity index (χ1n) is 7.03. The van der Waals surface area contributed by atoms with Gasteiger partial charge in [-0.05, 0) is 29.7 Å². The average molecular weight is 278 g/mol. The Morgan fingerprint density at radius 1 is 1.00 bits per heavy atom. The van der Waals surface area contributed by atoms with E-state index >= 15 is 0 Å². The number of H-pyrrole nitrogens is 1. The second kappa shape index (κ2) is 6.27. The Balaban J connectivity index is 1.94. The van der Waals surface area contributed by atoms with E-state index in [1.165, 1.54) is 11.1 Å². The van der Waals surface area contributed by atoms with Crippen molar-refractivity contribution in [2.75, 3.05) is 7.11 Å². The first-order valence-corrected chi connectivity index (χ1v) is 7.03. The molecule has 3 rings (SSSR count). The molecule has 0 saturated carbocycles. The number of benzene rings is 2. The lowest BCUT2D eigenvalue weighted by molar-refractivity contribution is 0.414. The van der Waals surface area contributed by atoms with Gasteiger partial charge in [0.1, 0.15) is 5.75 Å². The Kier molecular flexibility index (Phi) is 4.01. The second-order valence-electron chi connectivity index (χ2n) is 5.02. The van der Waals surface area contributed by atoms with Crippen molar-refractivity contribution in [1.82, 2.24) is 9.97 Å². The van der Waals surface area contributed by atoms with Gasteiger partial charge in [-0.15, -0.1) is 0 Å². The zero-order valence-electron chi connectivity index (χ0n) is 12.0. The summed E-state index contributed by atoms with van der Waals surface area (Å²) in [7, 11) is 1.69. The molecule has 0 fully saturated rings. The number of methoxy groups -OCH3 is 1. The Morgan fingerprint density at radius 2 is 1.71 bits per heavy atom. The standard InChI is InChI=1S/C18H18N2O/c1-21-17-9-7-15(8-10-17)18(11-16-12-19-13-20-16)14-5-3-2-4-6-14/h2-10,12-13,18H,11H2,1H3,(H,19,20). The van der Waals surface area contributed by atoms with E-state index in [0.717, 1.165) is 17.9 Å². The minimum absolute atomic E-state index is 0.303. The van der Waals surface area contributed by atoms with Crippen molar-refractivity contribution in [1.29, 1.82) is 0 Å². The van der Waals surface area contributed by atoms with Gasteiger partial charge < -0.3 is 9.72 Å². The van der Waals surface area contributed by atoms with Gasteiger partial charge in [-0.25, -0.2) is 4.98 Å². The molecule has 1 aromatic heterocycles. The summed E-state index contributed by atoms with van der Waals surface area (Å²) in [6.45, 7) is 0. The molecule has 21 heavy (non-hydrogen) atoms. The third-order valence-electron chi connectivity index (χ3n) is 3.70. The number of rotatable bonds is 5. The van der Waals surface area contributed by atoms with Crippen LogP contribution in [0.5, 0.6) is 5.75 Å². The molecule has 3 aromatic rings. The minimum Gasteiger partial charge on any atom is -0.497 e. The molecule has 0 bridgehead atoms. The molecule has 3 heteroatoms. The summed E-state index contributed by atoms with van der Waals surface area (Å²) in [5, 5.41) is 0. The number of hydrogen-bond acceptors (Lipinski definition) is 2. The van der Waals surface area contributed by atoms with E-state index in [1.807, 2.05) is 24.4 Å². The molecule has 1 N–H and O–H groups in total. The molecule has 1 heterocycles. The van der Waals surface area contributed by atoms with E-state index in [-0.39, 0.29) is 0 Å². The summed E-state index contributed by atoms with van der Waals surface area (Å²) in [4.78, 5) is 7.31. The van der Waals surface area contributed by atoms with Crippen molar-refractivity contribution in [2.24, 2.45) is 0 Å². The fraction of sp³-hybridized carbons (Fsp3) is 0.167. The topological polar surface area (TPSA) is 37.9 Å². The van der Waals surface area contributed by atoms with Gasteiger partial charge in [0, 0.05) is 17.8 Å². The highest BCUT2D eigenvalue weighted by molar-refractivity contribution is 5.37. The van der Waals surface area contributed by atoms with Gasteiger partial charge in [-0.2, -0.15) is 0 Å². The fourth-order valence-electron chi connectivity index (χ4n) is 2.57. The molecule has 106 valence electrons. The van der Waals surface area contributed by atoms with Crippen molar-refractivity contribution in [3.8, 4) is 5.75 Å². The molecule has 2 aromatic carbocycles. The third-order valence-corrected chi connectivity index (χ3v) is 3.70. The van der Waals surface area contributed by atoms with Crippen molar-refractivity contribution < 1.29 is 4.74 Å². The summed E-state index contributed by atoms with van der Waals surface area (Å²) < 4.78 is 5.24. The second-order valence-corrected chi connectivity index (χ2v) is 5.02. The summed E-state index contributed by atoms with van der Waals surface area (Å²) in [5.74, 6) is 1.18. The highest BCUT2D eigenvalue weighted by Gasteiger charge is 2.15. The van der Waals surface area contributed by atoms with E-state index in [4.69, 9.17) is 4.74 Å². The summed E-state index contributed by atoms with van der Waals surface area (Å²) >= 11 is 0. The van der Waals surface area contributed by atoms with Crippen molar-refractivity contribution in [3.05, 3.63) is 83.9 Å². The monoisotopic (exact) mass is 278 g/mol. The van der Waals surface area contributed by atoms with Crippen molar-refractivity contribution >= 4 is 0 Å². The van der Waals surface area contributed by atoms with Gasteiger partial charge >= 0.3 is 0 Å².